The van der Waals surface area contributed by atoms with Gasteiger partial charge in [-0.25, -0.2) is 9.97 Å². The number of nitrogen functional groups attached to an aromatic ring is 1. The minimum atomic E-state index is 0.215. The van der Waals surface area contributed by atoms with Crippen molar-refractivity contribution < 1.29 is 9.84 Å². The summed E-state index contributed by atoms with van der Waals surface area (Å²) in [4.78, 5) is 15.4. The minimum Gasteiger partial charge on any atom is -0.508 e. The number of pyridine rings is 1. The number of hydrogen-bond acceptors (Lipinski definition) is 8. The van der Waals surface area contributed by atoms with Gasteiger partial charge in [0, 0.05) is 37.5 Å². The van der Waals surface area contributed by atoms with Crippen molar-refractivity contribution in [2.75, 3.05) is 48.8 Å². The van der Waals surface area contributed by atoms with E-state index < -0.39 is 0 Å². The number of hydrogen-bond donors (Lipinski definition) is 3. The number of aromatic nitrogens is 3. The lowest BCUT2D eigenvalue weighted by Crippen LogP contribution is -2.36. The molecule has 0 amide bonds. The van der Waals surface area contributed by atoms with Gasteiger partial charge in [-0.05, 0) is 36.2 Å². The standard InChI is InChI=1S/C21H24N6O2/c22-21-25-18(16-3-6-20(24-14-16)27-9-11-29-12-10-27)13-19(26-21)23-8-7-15-1-4-17(28)5-2-15/h1-6,13-14,28H,7-12H2,(H3,22,23,25,26). The summed E-state index contributed by atoms with van der Waals surface area (Å²) in [5.74, 6) is 2.09. The lowest BCUT2D eigenvalue weighted by Gasteiger charge is -2.27. The van der Waals surface area contributed by atoms with Crippen LogP contribution in [0.25, 0.3) is 11.3 Å². The average Bonchev–Trinajstić information content (AvgIpc) is 2.75. The Morgan fingerprint density at radius 1 is 1.07 bits per heavy atom. The molecule has 0 saturated carbocycles. The molecule has 4 N–H and O–H groups in total. The maximum absolute atomic E-state index is 9.36. The van der Waals surface area contributed by atoms with E-state index in [2.05, 4.69) is 25.2 Å². The predicted octanol–water partition coefficient (Wildman–Crippen LogP) is 2.32. The third-order valence-electron chi connectivity index (χ3n) is 4.78. The molecule has 1 aliphatic rings. The van der Waals surface area contributed by atoms with Crippen LogP contribution in [0.2, 0.25) is 0 Å². The summed E-state index contributed by atoms with van der Waals surface area (Å²) in [7, 11) is 0. The lowest BCUT2D eigenvalue weighted by molar-refractivity contribution is 0.122. The molecule has 4 rings (SSSR count). The summed E-state index contributed by atoms with van der Waals surface area (Å²) in [5.41, 5.74) is 8.65. The Bertz CT molecular complexity index is 940. The van der Waals surface area contributed by atoms with E-state index in [0.717, 1.165) is 55.4 Å². The molecule has 1 fully saturated rings. The summed E-state index contributed by atoms with van der Waals surface area (Å²) in [6.07, 6.45) is 2.61. The second-order valence-corrected chi connectivity index (χ2v) is 6.84. The third kappa shape index (κ3) is 4.91. The van der Waals surface area contributed by atoms with Gasteiger partial charge in [0.1, 0.15) is 17.4 Å². The molecule has 0 atom stereocenters. The van der Waals surface area contributed by atoms with Crippen LogP contribution in [-0.2, 0) is 11.2 Å². The second-order valence-electron chi connectivity index (χ2n) is 6.84. The van der Waals surface area contributed by atoms with E-state index in [-0.39, 0.29) is 11.7 Å². The molecule has 0 radical (unpaired) electrons. The van der Waals surface area contributed by atoms with E-state index >= 15 is 0 Å². The maximum atomic E-state index is 9.36. The Morgan fingerprint density at radius 2 is 1.86 bits per heavy atom. The van der Waals surface area contributed by atoms with Crippen LogP contribution in [-0.4, -0.2) is 52.9 Å². The van der Waals surface area contributed by atoms with Gasteiger partial charge >= 0.3 is 0 Å². The number of ether oxygens (including phenoxy) is 1. The number of anilines is 3. The SMILES string of the molecule is Nc1nc(NCCc2ccc(O)cc2)cc(-c2ccc(N3CCOCC3)nc2)n1. The summed E-state index contributed by atoms with van der Waals surface area (Å²) in [6, 6.07) is 13.0. The molecule has 0 unspecified atom stereocenters. The molecule has 0 spiro atoms. The molecule has 29 heavy (non-hydrogen) atoms. The molecule has 3 aromatic rings. The van der Waals surface area contributed by atoms with Crippen molar-refractivity contribution in [1.29, 1.82) is 0 Å². The van der Waals surface area contributed by atoms with Crippen molar-refractivity contribution in [2.45, 2.75) is 6.42 Å². The van der Waals surface area contributed by atoms with E-state index in [4.69, 9.17) is 10.5 Å². The minimum absolute atomic E-state index is 0.215. The van der Waals surface area contributed by atoms with E-state index in [0.29, 0.717) is 12.4 Å². The largest absolute Gasteiger partial charge is 0.508 e. The quantitative estimate of drug-likeness (QED) is 0.586. The number of phenolic OH excluding ortho intramolecular Hbond substituents is 1. The van der Waals surface area contributed by atoms with Gasteiger partial charge in [-0.2, -0.15) is 4.98 Å². The monoisotopic (exact) mass is 392 g/mol. The highest BCUT2D eigenvalue weighted by molar-refractivity contribution is 5.64. The topological polar surface area (TPSA) is 109 Å². The number of nitrogens with one attached hydrogen (secondary N) is 1. The fourth-order valence-corrected chi connectivity index (χ4v) is 3.22. The summed E-state index contributed by atoms with van der Waals surface area (Å²) >= 11 is 0. The molecule has 3 heterocycles. The van der Waals surface area contributed by atoms with Gasteiger partial charge in [0.05, 0.1) is 18.9 Å². The van der Waals surface area contributed by atoms with E-state index in [1.54, 1.807) is 12.1 Å². The Balaban J connectivity index is 1.42. The van der Waals surface area contributed by atoms with Crippen molar-refractivity contribution in [3.63, 3.8) is 0 Å². The van der Waals surface area contributed by atoms with Gasteiger partial charge in [-0.1, -0.05) is 12.1 Å². The Hall–Kier alpha value is -3.39. The normalized spacial score (nSPS) is 14.0. The first-order valence-electron chi connectivity index (χ1n) is 9.63. The molecule has 1 aromatic carbocycles. The number of benzene rings is 1. The molecule has 0 aliphatic carbocycles. The Labute approximate surface area is 169 Å². The number of nitrogens with two attached hydrogens (primary N) is 1. The van der Waals surface area contributed by atoms with Gasteiger partial charge in [-0.3, -0.25) is 0 Å². The van der Waals surface area contributed by atoms with Crippen LogP contribution in [0.4, 0.5) is 17.6 Å². The van der Waals surface area contributed by atoms with Gasteiger partial charge < -0.3 is 25.8 Å². The van der Waals surface area contributed by atoms with Gasteiger partial charge in [0.2, 0.25) is 5.95 Å². The molecular weight excluding hydrogens is 368 g/mol. The Morgan fingerprint density at radius 3 is 2.59 bits per heavy atom. The zero-order valence-electron chi connectivity index (χ0n) is 16.1. The van der Waals surface area contributed by atoms with E-state index in [9.17, 15) is 5.11 Å². The molecular formula is C21H24N6O2. The molecule has 0 bridgehead atoms. The van der Waals surface area contributed by atoms with Crippen molar-refractivity contribution in [1.82, 2.24) is 15.0 Å². The highest BCUT2D eigenvalue weighted by Crippen LogP contribution is 2.22. The first kappa shape index (κ1) is 18.9. The van der Waals surface area contributed by atoms with Crippen LogP contribution < -0.4 is 16.0 Å². The van der Waals surface area contributed by atoms with Crippen LogP contribution >= 0.6 is 0 Å². The van der Waals surface area contributed by atoms with Crippen LogP contribution in [0.5, 0.6) is 5.75 Å². The summed E-state index contributed by atoms with van der Waals surface area (Å²) in [6.45, 7) is 3.84. The van der Waals surface area contributed by atoms with Crippen LogP contribution in [0.15, 0.2) is 48.7 Å². The van der Waals surface area contributed by atoms with Crippen LogP contribution in [0, 0.1) is 0 Å². The zero-order valence-corrected chi connectivity index (χ0v) is 16.1. The zero-order chi connectivity index (χ0) is 20.1. The average molecular weight is 392 g/mol. The van der Waals surface area contributed by atoms with Crippen molar-refractivity contribution >= 4 is 17.6 Å². The molecule has 150 valence electrons. The van der Waals surface area contributed by atoms with Gasteiger partial charge in [0.25, 0.3) is 0 Å². The number of phenols is 1. The molecule has 1 aliphatic heterocycles. The highest BCUT2D eigenvalue weighted by Gasteiger charge is 2.13. The van der Waals surface area contributed by atoms with E-state index in [1.807, 2.05) is 36.5 Å². The molecule has 1 saturated heterocycles. The maximum Gasteiger partial charge on any atom is 0.222 e. The van der Waals surface area contributed by atoms with Crippen molar-refractivity contribution in [2.24, 2.45) is 0 Å². The number of morpholine rings is 1. The summed E-state index contributed by atoms with van der Waals surface area (Å²) < 4.78 is 5.39. The Kier molecular flexibility index (Phi) is 5.71. The number of nitrogens with zero attached hydrogens (tertiary/aromatic N) is 4. The van der Waals surface area contributed by atoms with Crippen molar-refractivity contribution in [3.05, 3.63) is 54.2 Å². The fourth-order valence-electron chi connectivity index (χ4n) is 3.22. The summed E-state index contributed by atoms with van der Waals surface area (Å²) in [5, 5.41) is 12.6. The first-order chi connectivity index (χ1) is 14.2. The predicted molar refractivity (Wildman–Crippen MR) is 113 cm³/mol. The first-order valence-corrected chi connectivity index (χ1v) is 9.63. The third-order valence-corrected chi connectivity index (χ3v) is 4.78. The van der Waals surface area contributed by atoms with Gasteiger partial charge in [0.15, 0.2) is 0 Å². The van der Waals surface area contributed by atoms with Gasteiger partial charge in [-0.15, -0.1) is 0 Å². The highest BCUT2D eigenvalue weighted by atomic mass is 16.5. The number of aromatic hydroxyl groups is 1. The molecule has 8 heteroatoms. The smallest absolute Gasteiger partial charge is 0.222 e. The lowest BCUT2D eigenvalue weighted by atomic mass is 10.1. The number of rotatable bonds is 6. The second kappa shape index (κ2) is 8.74. The molecule has 2 aromatic heterocycles. The van der Waals surface area contributed by atoms with E-state index in [1.165, 1.54) is 0 Å². The molecule has 8 nitrogen and oxygen atoms in total. The van der Waals surface area contributed by atoms with Crippen LogP contribution in [0.1, 0.15) is 5.56 Å². The van der Waals surface area contributed by atoms with Crippen LogP contribution in [0.3, 0.4) is 0 Å². The van der Waals surface area contributed by atoms with Crippen molar-refractivity contribution in [3.8, 4) is 17.0 Å². The fraction of sp³-hybridized carbons (Fsp3) is 0.286.